The van der Waals surface area contributed by atoms with Crippen LogP contribution in [-0.2, 0) is 0 Å². The predicted molar refractivity (Wildman–Crippen MR) is 67.7 cm³/mol. The fourth-order valence-corrected chi connectivity index (χ4v) is 1.54. The van der Waals surface area contributed by atoms with Crippen LogP contribution in [0.5, 0.6) is 0 Å². The zero-order valence-electron chi connectivity index (χ0n) is 10.7. The van der Waals surface area contributed by atoms with E-state index in [1.165, 1.54) is 6.20 Å². The lowest BCUT2D eigenvalue weighted by atomic mass is 10.2. The van der Waals surface area contributed by atoms with Crippen LogP contribution in [0.2, 0.25) is 0 Å². The molecule has 96 valence electrons. The van der Waals surface area contributed by atoms with Crippen LogP contribution in [0.1, 0.15) is 23.7 Å². The van der Waals surface area contributed by atoms with Gasteiger partial charge in [-0.15, -0.1) is 0 Å². The van der Waals surface area contributed by atoms with Crippen molar-refractivity contribution in [1.82, 2.24) is 20.0 Å². The Morgan fingerprint density at radius 1 is 1.41 bits per heavy atom. The monoisotopic (exact) mass is 239 g/mol. The van der Waals surface area contributed by atoms with E-state index in [0.717, 1.165) is 19.5 Å². The molecule has 0 spiro atoms. The molecule has 3 N–H and O–H groups in total. The second kappa shape index (κ2) is 6.24. The smallest absolute Gasteiger partial charge is 0.259 e. The fourth-order valence-electron chi connectivity index (χ4n) is 1.54. The van der Waals surface area contributed by atoms with Gasteiger partial charge in [0.15, 0.2) is 0 Å². The molecule has 1 aromatic rings. The summed E-state index contributed by atoms with van der Waals surface area (Å²) in [6.45, 7) is 4.32. The molecule has 1 rings (SSSR count). The molecule has 1 heterocycles. The number of carbonyl (C=O) groups excluding carboxylic acids is 1. The first kappa shape index (κ1) is 13.5. The summed E-state index contributed by atoms with van der Waals surface area (Å²) in [6.07, 6.45) is 2.41. The van der Waals surface area contributed by atoms with Gasteiger partial charge in [-0.05, 0) is 20.5 Å². The van der Waals surface area contributed by atoms with Crippen molar-refractivity contribution >= 4 is 11.7 Å². The molecule has 0 atom stereocenters. The van der Waals surface area contributed by atoms with Crippen LogP contribution in [0.4, 0.5) is 5.82 Å². The van der Waals surface area contributed by atoms with Gasteiger partial charge in [0.2, 0.25) is 0 Å². The summed E-state index contributed by atoms with van der Waals surface area (Å²) >= 11 is 0. The van der Waals surface area contributed by atoms with E-state index in [0.29, 0.717) is 17.9 Å². The van der Waals surface area contributed by atoms with Crippen molar-refractivity contribution < 1.29 is 4.79 Å². The maximum absolute atomic E-state index is 12.2. The summed E-state index contributed by atoms with van der Waals surface area (Å²) in [7, 11) is 3.97. The standard InChI is InChI=1S/C11H21N5O/c1-4-5-16(7-6-15(2)3)11(17)9-8-13-14-10(9)12/h8H,4-7H2,1-3H3,(H3,12,13,14). The Morgan fingerprint density at radius 2 is 2.12 bits per heavy atom. The number of aromatic nitrogens is 2. The number of amides is 1. The van der Waals surface area contributed by atoms with Gasteiger partial charge in [0, 0.05) is 19.6 Å². The van der Waals surface area contributed by atoms with Gasteiger partial charge in [-0.2, -0.15) is 5.10 Å². The normalized spacial score (nSPS) is 10.8. The van der Waals surface area contributed by atoms with Crippen molar-refractivity contribution in [2.45, 2.75) is 13.3 Å². The Labute approximate surface area is 102 Å². The van der Waals surface area contributed by atoms with E-state index in [2.05, 4.69) is 22.0 Å². The average molecular weight is 239 g/mol. The molecule has 1 aromatic heterocycles. The van der Waals surface area contributed by atoms with Crippen LogP contribution in [0.3, 0.4) is 0 Å². The third kappa shape index (κ3) is 3.74. The van der Waals surface area contributed by atoms with Gasteiger partial charge in [0.1, 0.15) is 11.4 Å². The Bertz CT molecular complexity index is 360. The molecule has 0 unspecified atom stereocenters. The van der Waals surface area contributed by atoms with Gasteiger partial charge >= 0.3 is 0 Å². The highest BCUT2D eigenvalue weighted by Crippen LogP contribution is 2.10. The number of nitrogens with two attached hydrogens (primary N) is 1. The summed E-state index contributed by atoms with van der Waals surface area (Å²) in [5.74, 6) is 0.279. The lowest BCUT2D eigenvalue weighted by Crippen LogP contribution is -2.37. The summed E-state index contributed by atoms with van der Waals surface area (Å²) < 4.78 is 0. The topological polar surface area (TPSA) is 78.2 Å². The van der Waals surface area contributed by atoms with Crippen LogP contribution in [0.15, 0.2) is 6.20 Å². The minimum atomic E-state index is -0.0556. The SMILES string of the molecule is CCCN(CCN(C)C)C(=O)c1cn[nH]c1N. The third-order valence-electron chi connectivity index (χ3n) is 2.50. The van der Waals surface area contributed by atoms with E-state index >= 15 is 0 Å². The minimum Gasteiger partial charge on any atom is -0.383 e. The highest BCUT2D eigenvalue weighted by atomic mass is 16.2. The molecule has 17 heavy (non-hydrogen) atoms. The molecule has 0 aliphatic rings. The van der Waals surface area contributed by atoms with Crippen molar-refractivity contribution in [1.29, 1.82) is 0 Å². The van der Waals surface area contributed by atoms with Gasteiger partial charge in [0.05, 0.1) is 6.20 Å². The van der Waals surface area contributed by atoms with Crippen LogP contribution in [0, 0.1) is 0 Å². The van der Waals surface area contributed by atoms with Gasteiger partial charge in [-0.3, -0.25) is 9.89 Å². The minimum absolute atomic E-state index is 0.0556. The van der Waals surface area contributed by atoms with Crippen LogP contribution >= 0.6 is 0 Å². The van der Waals surface area contributed by atoms with Crippen LogP contribution < -0.4 is 5.73 Å². The highest BCUT2D eigenvalue weighted by molar-refractivity contribution is 5.98. The van der Waals surface area contributed by atoms with Crippen molar-refractivity contribution in [2.24, 2.45) is 0 Å². The molecule has 1 amide bonds. The number of nitrogens with one attached hydrogen (secondary N) is 1. The first-order valence-corrected chi connectivity index (χ1v) is 5.79. The van der Waals surface area contributed by atoms with E-state index in [4.69, 9.17) is 5.73 Å². The molecule has 0 saturated carbocycles. The largest absolute Gasteiger partial charge is 0.383 e. The second-order valence-corrected chi connectivity index (χ2v) is 4.29. The van der Waals surface area contributed by atoms with E-state index in [-0.39, 0.29) is 5.91 Å². The van der Waals surface area contributed by atoms with Crippen molar-refractivity contribution in [2.75, 3.05) is 39.5 Å². The number of nitrogen functional groups attached to an aromatic ring is 1. The quantitative estimate of drug-likeness (QED) is 0.753. The molecule has 0 aliphatic heterocycles. The lowest BCUT2D eigenvalue weighted by Gasteiger charge is -2.23. The molecule has 0 aliphatic carbocycles. The predicted octanol–water partition coefficient (Wildman–Crippen LogP) is 0.406. The number of anilines is 1. The number of aromatic amines is 1. The molecular weight excluding hydrogens is 218 g/mol. The zero-order valence-corrected chi connectivity index (χ0v) is 10.7. The fraction of sp³-hybridized carbons (Fsp3) is 0.636. The summed E-state index contributed by atoms with van der Waals surface area (Å²) in [5, 5.41) is 6.35. The first-order chi connectivity index (χ1) is 8.06. The Morgan fingerprint density at radius 3 is 2.59 bits per heavy atom. The highest BCUT2D eigenvalue weighted by Gasteiger charge is 2.18. The van der Waals surface area contributed by atoms with E-state index < -0.39 is 0 Å². The van der Waals surface area contributed by atoms with Crippen LogP contribution in [-0.4, -0.2) is 59.6 Å². The second-order valence-electron chi connectivity index (χ2n) is 4.29. The molecule has 6 heteroatoms. The van der Waals surface area contributed by atoms with Crippen molar-refractivity contribution in [3.05, 3.63) is 11.8 Å². The van der Waals surface area contributed by atoms with Gasteiger partial charge in [-0.1, -0.05) is 6.92 Å². The molecule has 0 aromatic carbocycles. The van der Waals surface area contributed by atoms with Gasteiger partial charge in [-0.25, -0.2) is 0 Å². The van der Waals surface area contributed by atoms with Crippen LogP contribution in [0.25, 0.3) is 0 Å². The number of rotatable bonds is 6. The number of hydrogen-bond acceptors (Lipinski definition) is 4. The Balaban J connectivity index is 2.70. The number of nitrogens with zero attached hydrogens (tertiary/aromatic N) is 3. The van der Waals surface area contributed by atoms with Gasteiger partial charge in [0.25, 0.3) is 5.91 Å². The molecule has 0 bridgehead atoms. The Kier molecular flexibility index (Phi) is 4.96. The zero-order chi connectivity index (χ0) is 12.8. The Hall–Kier alpha value is -1.56. The molecule has 6 nitrogen and oxygen atoms in total. The van der Waals surface area contributed by atoms with Crippen molar-refractivity contribution in [3.8, 4) is 0 Å². The maximum atomic E-state index is 12.2. The molecule has 0 fully saturated rings. The third-order valence-corrected chi connectivity index (χ3v) is 2.50. The first-order valence-electron chi connectivity index (χ1n) is 5.79. The number of carbonyl (C=O) groups is 1. The average Bonchev–Trinajstić information content (AvgIpc) is 2.69. The van der Waals surface area contributed by atoms with E-state index in [9.17, 15) is 4.79 Å². The number of hydrogen-bond donors (Lipinski definition) is 2. The van der Waals surface area contributed by atoms with E-state index in [1.807, 2.05) is 14.1 Å². The molecular formula is C11H21N5O. The van der Waals surface area contributed by atoms with E-state index in [1.54, 1.807) is 4.90 Å². The number of H-pyrrole nitrogens is 1. The van der Waals surface area contributed by atoms with Gasteiger partial charge < -0.3 is 15.5 Å². The summed E-state index contributed by atoms with van der Waals surface area (Å²) in [4.78, 5) is 16.1. The summed E-state index contributed by atoms with van der Waals surface area (Å²) in [6, 6.07) is 0. The lowest BCUT2D eigenvalue weighted by molar-refractivity contribution is 0.0746. The molecule has 0 saturated heterocycles. The van der Waals surface area contributed by atoms with Crippen molar-refractivity contribution in [3.63, 3.8) is 0 Å². The molecule has 0 radical (unpaired) electrons. The number of likely N-dealkylation sites (N-methyl/N-ethyl adjacent to an activating group) is 1. The maximum Gasteiger partial charge on any atom is 0.259 e. The summed E-state index contributed by atoms with van der Waals surface area (Å²) in [5.41, 5.74) is 6.11.